The highest BCUT2D eigenvalue weighted by Crippen LogP contribution is 2.39. The number of halogens is 4. The topological polar surface area (TPSA) is 49.3 Å². The second-order valence-corrected chi connectivity index (χ2v) is 8.17. The number of carbonyl (C=O) groups excluding carboxylic acids is 1. The largest absolute Gasteiger partial charge is 0.416 e. The van der Waals surface area contributed by atoms with E-state index in [4.69, 9.17) is 11.6 Å². The first-order valence-corrected chi connectivity index (χ1v) is 10.3. The molecule has 166 valence electrons. The van der Waals surface area contributed by atoms with Crippen molar-refractivity contribution in [2.45, 2.75) is 32.5 Å². The average Bonchev–Trinajstić information content (AvgIpc) is 3.13. The molecule has 1 aliphatic heterocycles. The third-order valence-corrected chi connectivity index (χ3v) is 5.90. The van der Waals surface area contributed by atoms with Crippen molar-refractivity contribution in [1.29, 1.82) is 0 Å². The van der Waals surface area contributed by atoms with E-state index in [9.17, 15) is 18.0 Å². The number of nitrogens with zero attached hydrogens (tertiary/aromatic N) is 4. The van der Waals surface area contributed by atoms with Crippen LogP contribution in [0.4, 0.5) is 30.5 Å². The molecule has 5 nitrogen and oxygen atoms in total. The number of aryl methyl sites for hydroxylation is 2. The summed E-state index contributed by atoms with van der Waals surface area (Å²) < 4.78 is 40.4. The molecule has 3 heterocycles. The molecule has 0 spiro atoms. The number of fused-ring (bicyclic) bond motifs is 1. The monoisotopic (exact) mass is 460 g/mol. The van der Waals surface area contributed by atoms with Gasteiger partial charge in [0.25, 0.3) is 0 Å². The molecule has 1 unspecified atom stereocenters. The first kappa shape index (κ1) is 22.1. The summed E-state index contributed by atoms with van der Waals surface area (Å²) in [5, 5.41) is 0.581. The first-order chi connectivity index (χ1) is 15.1. The molecule has 32 heavy (non-hydrogen) atoms. The minimum absolute atomic E-state index is 0.0359. The van der Waals surface area contributed by atoms with Crippen molar-refractivity contribution in [2.75, 3.05) is 16.8 Å². The Morgan fingerprint density at radius 3 is 2.62 bits per heavy atom. The van der Waals surface area contributed by atoms with Gasteiger partial charge >= 0.3 is 6.18 Å². The SMILES string of the molecule is Cc1cc(C(F)(F)F)cc(N2c3ncccc3CC2C(=O)N(C)c2ccc(Cl)c(C)c2)n1. The van der Waals surface area contributed by atoms with Crippen LogP contribution in [0.5, 0.6) is 0 Å². The summed E-state index contributed by atoms with van der Waals surface area (Å²) in [5.74, 6) is 0.174. The van der Waals surface area contributed by atoms with Crippen molar-refractivity contribution < 1.29 is 18.0 Å². The summed E-state index contributed by atoms with van der Waals surface area (Å²) in [6.07, 6.45) is -2.69. The van der Waals surface area contributed by atoms with Gasteiger partial charge in [-0.2, -0.15) is 13.2 Å². The second kappa shape index (κ2) is 8.09. The molecule has 1 amide bonds. The number of hydrogen-bond donors (Lipinski definition) is 0. The highest BCUT2D eigenvalue weighted by Gasteiger charge is 2.40. The number of pyridine rings is 2. The van der Waals surface area contributed by atoms with Gasteiger partial charge in [-0.1, -0.05) is 17.7 Å². The summed E-state index contributed by atoms with van der Waals surface area (Å²) in [5.41, 5.74) is 1.59. The Hall–Kier alpha value is -3.13. The van der Waals surface area contributed by atoms with Gasteiger partial charge in [-0.3, -0.25) is 9.69 Å². The Labute approximate surface area is 188 Å². The van der Waals surface area contributed by atoms with Crippen LogP contribution in [0.15, 0.2) is 48.7 Å². The van der Waals surface area contributed by atoms with Crippen LogP contribution in [0.25, 0.3) is 0 Å². The molecule has 2 aromatic heterocycles. The molecular formula is C23H20ClF3N4O. The molecule has 1 aromatic carbocycles. The number of likely N-dealkylation sites (N-methyl/N-ethyl adjacent to an activating group) is 1. The number of alkyl halides is 3. The highest BCUT2D eigenvalue weighted by molar-refractivity contribution is 6.31. The zero-order valence-electron chi connectivity index (χ0n) is 17.6. The first-order valence-electron chi connectivity index (χ1n) is 9.89. The fourth-order valence-electron chi connectivity index (χ4n) is 3.85. The van der Waals surface area contributed by atoms with E-state index >= 15 is 0 Å². The highest BCUT2D eigenvalue weighted by atomic mass is 35.5. The van der Waals surface area contributed by atoms with E-state index in [0.29, 0.717) is 22.9 Å². The number of anilines is 3. The Morgan fingerprint density at radius 2 is 1.94 bits per heavy atom. The predicted octanol–water partition coefficient (Wildman–Crippen LogP) is 5.49. The van der Waals surface area contributed by atoms with Gasteiger partial charge in [0.15, 0.2) is 0 Å². The fraction of sp³-hybridized carbons (Fsp3) is 0.261. The second-order valence-electron chi connectivity index (χ2n) is 7.76. The normalized spacial score (nSPS) is 15.6. The maximum Gasteiger partial charge on any atom is 0.416 e. The number of rotatable bonds is 3. The number of carbonyl (C=O) groups is 1. The van der Waals surface area contributed by atoms with E-state index < -0.39 is 17.8 Å². The van der Waals surface area contributed by atoms with E-state index in [1.54, 1.807) is 37.5 Å². The zero-order valence-corrected chi connectivity index (χ0v) is 18.4. The van der Waals surface area contributed by atoms with Gasteiger partial charge in [0.05, 0.1) is 5.56 Å². The lowest BCUT2D eigenvalue weighted by atomic mass is 10.1. The van der Waals surface area contributed by atoms with Crippen LogP contribution >= 0.6 is 11.6 Å². The van der Waals surface area contributed by atoms with Gasteiger partial charge in [-0.15, -0.1) is 0 Å². The summed E-state index contributed by atoms with van der Waals surface area (Å²) in [7, 11) is 1.63. The maximum absolute atomic E-state index is 13.5. The molecule has 0 saturated heterocycles. The molecule has 0 radical (unpaired) electrons. The fourth-order valence-corrected chi connectivity index (χ4v) is 3.96. The van der Waals surface area contributed by atoms with Crippen molar-refractivity contribution in [3.05, 3.63) is 76.1 Å². The minimum Gasteiger partial charge on any atom is -0.314 e. The predicted molar refractivity (Wildman–Crippen MR) is 117 cm³/mol. The van der Waals surface area contributed by atoms with E-state index in [1.165, 1.54) is 16.7 Å². The van der Waals surface area contributed by atoms with Gasteiger partial charge in [0.2, 0.25) is 5.91 Å². The Balaban J connectivity index is 1.78. The van der Waals surface area contributed by atoms with Crippen molar-refractivity contribution >= 4 is 34.8 Å². The van der Waals surface area contributed by atoms with Crippen molar-refractivity contribution in [1.82, 2.24) is 9.97 Å². The molecule has 3 aromatic rings. The lowest BCUT2D eigenvalue weighted by molar-refractivity contribution is -0.137. The van der Waals surface area contributed by atoms with Crippen LogP contribution in [0, 0.1) is 13.8 Å². The molecule has 1 aliphatic rings. The Morgan fingerprint density at radius 1 is 1.19 bits per heavy atom. The molecular weight excluding hydrogens is 441 g/mol. The molecule has 0 saturated carbocycles. The van der Waals surface area contributed by atoms with Crippen LogP contribution in [0.1, 0.15) is 22.4 Å². The lowest BCUT2D eigenvalue weighted by Gasteiger charge is -2.29. The van der Waals surface area contributed by atoms with Gasteiger partial charge in [-0.25, -0.2) is 9.97 Å². The third-order valence-electron chi connectivity index (χ3n) is 5.48. The molecule has 0 fully saturated rings. The van der Waals surface area contributed by atoms with Crippen LogP contribution in [0.3, 0.4) is 0 Å². The molecule has 4 rings (SSSR count). The van der Waals surface area contributed by atoms with Crippen LogP contribution < -0.4 is 9.80 Å². The van der Waals surface area contributed by atoms with E-state index in [2.05, 4.69) is 9.97 Å². The van der Waals surface area contributed by atoms with Crippen molar-refractivity contribution in [3.8, 4) is 0 Å². The maximum atomic E-state index is 13.5. The minimum atomic E-state index is -4.54. The molecule has 0 aliphatic carbocycles. The molecule has 1 atom stereocenters. The zero-order chi connectivity index (χ0) is 23.2. The average molecular weight is 461 g/mol. The van der Waals surface area contributed by atoms with E-state index in [1.807, 2.05) is 13.0 Å². The molecule has 0 bridgehead atoms. The standard InChI is InChI=1S/C23H20ClF3N4O/c1-13-9-17(6-7-18(13)24)30(3)22(32)19-11-15-5-4-8-28-21(15)31(19)20-12-16(23(25,26)27)10-14(2)29-20/h4-10,12,19H,11H2,1-3H3. The summed E-state index contributed by atoms with van der Waals surface area (Å²) in [4.78, 5) is 25.2. The Kier molecular flexibility index (Phi) is 5.58. The van der Waals surface area contributed by atoms with Crippen LogP contribution in [-0.2, 0) is 17.4 Å². The molecule has 9 heteroatoms. The van der Waals surface area contributed by atoms with Gasteiger partial charge < -0.3 is 4.90 Å². The summed E-state index contributed by atoms with van der Waals surface area (Å²) >= 11 is 6.10. The lowest BCUT2D eigenvalue weighted by Crippen LogP contribution is -2.44. The van der Waals surface area contributed by atoms with Crippen molar-refractivity contribution in [2.24, 2.45) is 0 Å². The third kappa shape index (κ3) is 4.02. The van der Waals surface area contributed by atoms with Gasteiger partial charge in [-0.05, 0) is 61.4 Å². The molecule has 0 N–H and O–H groups in total. The Bertz CT molecular complexity index is 1200. The van der Waals surface area contributed by atoms with E-state index in [0.717, 1.165) is 23.3 Å². The van der Waals surface area contributed by atoms with E-state index in [-0.39, 0.29) is 17.4 Å². The van der Waals surface area contributed by atoms with Gasteiger partial charge in [0.1, 0.15) is 17.7 Å². The number of aromatic nitrogens is 2. The van der Waals surface area contributed by atoms with Crippen LogP contribution in [-0.4, -0.2) is 29.0 Å². The summed E-state index contributed by atoms with van der Waals surface area (Å²) in [6, 6.07) is 9.92. The number of benzene rings is 1. The van der Waals surface area contributed by atoms with Gasteiger partial charge in [0, 0.05) is 36.1 Å². The number of amides is 1. The quantitative estimate of drug-likeness (QED) is 0.518. The summed E-state index contributed by atoms with van der Waals surface area (Å²) in [6.45, 7) is 3.33. The smallest absolute Gasteiger partial charge is 0.314 e. The van der Waals surface area contributed by atoms with Crippen molar-refractivity contribution in [3.63, 3.8) is 0 Å². The number of hydrogen-bond acceptors (Lipinski definition) is 4. The van der Waals surface area contributed by atoms with Crippen LogP contribution in [0.2, 0.25) is 5.02 Å².